The van der Waals surface area contributed by atoms with Crippen LogP contribution in [0.4, 0.5) is 11.4 Å². The molecule has 4 aromatic rings. The Morgan fingerprint density at radius 1 is 0.784 bits per heavy atom. The van der Waals surface area contributed by atoms with Crippen molar-refractivity contribution in [2.75, 3.05) is 43.9 Å². The number of hydrogen-bond acceptors (Lipinski definition) is 8. The summed E-state index contributed by atoms with van der Waals surface area (Å²) in [5, 5.41) is 15.3. The van der Waals surface area contributed by atoms with Gasteiger partial charge in [-0.05, 0) is 58.9 Å². The van der Waals surface area contributed by atoms with E-state index in [4.69, 9.17) is 19.9 Å². The molecule has 10 heteroatoms. The molecule has 0 bridgehead atoms. The number of hydrogen-bond donors (Lipinski definition) is 4. The molecule has 0 saturated carbocycles. The van der Waals surface area contributed by atoms with Crippen molar-refractivity contribution in [3.63, 3.8) is 0 Å². The van der Waals surface area contributed by atoms with Crippen molar-refractivity contribution in [3.05, 3.63) is 119 Å². The van der Waals surface area contributed by atoms with Crippen LogP contribution in [0, 0.1) is 0 Å². The summed E-state index contributed by atoms with van der Waals surface area (Å²) in [5.74, 6) is -0.154. The number of carbonyl (C=O) groups excluding carboxylic acids is 2. The Hall–Kier alpha value is -4.58. The standard InChI is InChI=1S/C41H48N4O6/c42-36-8-1-2-9-37(36)44-40(48)11-4-3-10-39(47)43-26-30-6-5-7-34(24-30)31-16-18-33(19-17-31)41-50-35(27-45-20-22-49-23-21-45)25-38(51-41)32-14-12-29(28-46)13-15-32/h1-2,5-9,12-19,24,35,38,41,46H,3-4,10-11,20-23,25-28,42H2,(H,43,47)(H,44,48). The average Bonchev–Trinajstić information content (AvgIpc) is 3.17. The summed E-state index contributed by atoms with van der Waals surface area (Å²) in [6.07, 6.45) is 2.01. The highest BCUT2D eigenvalue weighted by Crippen LogP contribution is 2.38. The number of amides is 2. The SMILES string of the molecule is Nc1ccccc1NC(=O)CCCCC(=O)NCc1cccc(-c2ccc(C3OC(CN4CCOCC4)CC(c4ccc(CO)cc4)O3)cc2)c1. The topological polar surface area (TPSA) is 135 Å². The molecule has 2 saturated heterocycles. The van der Waals surface area contributed by atoms with Gasteiger partial charge in [-0.1, -0.05) is 78.9 Å². The number of unbranched alkanes of at least 4 members (excludes halogenated alkanes) is 1. The zero-order chi connectivity index (χ0) is 35.4. The van der Waals surface area contributed by atoms with Gasteiger partial charge in [0.05, 0.1) is 43.4 Å². The van der Waals surface area contributed by atoms with Crippen molar-refractivity contribution >= 4 is 23.2 Å². The van der Waals surface area contributed by atoms with Crippen molar-refractivity contribution in [3.8, 4) is 11.1 Å². The van der Waals surface area contributed by atoms with Gasteiger partial charge in [0, 0.05) is 51.0 Å². The molecule has 3 unspecified atom stereocenters. The highest BCUT2D eigenvalue weighted by atomic mass is 16.7. The van der Waals surface area contributed by atoms with Crippen LogP contribution in [0.1, 0.15) is 66.8 Å². The molecule has 51 heavy (non-hydrogen) atoms. The fourth-order valence-electron chi connectivity index (χ4n) is 6.48. The summed E-state index contributed by atoms with van der Waals surface area (Å²) >= 11 is 0. The first-order valence-electron chi connectivity index (χ1n) is 17.8. The quantitative estimate of drug-likeness (QED) is 0.0918. The summed E-state index contributed by atoms with van der Waals surface area (Å²) in [4.78, 5) is 27.2. The van der Waals surface area contributed by atoms with Crippen molar-refractivity contribution in [2.45, 2.75) is 63.8 Å². The molecule has 2 heterocycles. The first-order valence-corrected chi connectivity index (χ1v) is 17.8. The minimum absolute atomic E-state index is 0.00468. The van der Waals surface area contributed by atoms with Crippen LogP contribution < -0.4 is 16.4 Å². The maximum absolute atomic E-state index is 12.5. The van der Waals surface area contributed by atoms with Crippen LogP contribution in [0.15, 0.2) is 97.1 Å². The Morgan fingerprint density at radius 2 is 1.51 bits per heavy atom. The van der Waals surface area contributed by atoms with Gasteiger partial charge in [-0.3, -0.25) is 14.5 Å². The van der Waals surface area contributed by atoms with Crippen LogP contribution in [0.5, 0.6) is 0 Å². The maximum atomic E-state index is 12.5. The van der Waals surface area contributed by atoms with E-state index < -0.39 is 6.29 Å². The Balaban J connectivity index is 1.01. The number of rotatable bonds is 14. The molecule has 0 aromatic heterocycles. The third-order valence-corrected chi connectivity index (χ3v) is 9.41. The first-order chi connectivity index (χ1) is 24.9. The molecule has 0 spiro atoms. The lowest BCUT2D eigenvalue weighted by molar-refractivity contribution is -0.253. The van der Waals surface area contributed by atoms with Crippen molar-refractivity contribution in [2.24, 2.45) is 0 Å². The molecule has 268 valence electrons. The Morgan fingerprint density at radius 3 is 2.25 bits per heavy atom. The van der Waals surface area contributed by atoms with Crippen LogP contribution in [0.2, 0.25) is 0 Å². The molecule has 3 atom stereocenters. The van der Waals surface area contributed by atoms with Gasteiger partial charge in [0.25, 0.3) is 0 Å². The smallest absolute Gasteiger partial charge is 0.224 e. The molecule has 2 amide bonds. The average molecular weight is 693 g/mol. The lowest BCUT2D eigenvalue weighted by Gasteiger charge is -2.39. The minimum Gasteiger partial charge on any atom is -0.397 e. The van der Waals surface area contributed by atoms with Crippen molar-refractivity contribution < 1.29 is 28.9 Å². The number of para-hydroxylation sites is 2. The zero-order valence-electron chi connectivity index (χ0n) is 29.0. The van der Waals surface area contributed by atoms with E-state index in [1.165, 1.54) is 0 Å². The molecule has 0 radical (unpaired) electrons. The summed E-state index contributed by atoms with van der Waals surface area (Å²) < 4.78 is 18.7. The zero-order valence-corrected chi connectivity index (χ0v) is 29.0. The Kier molecular flexibility index (Phi) is 12.8. The van der Waals surface area contributed by atoms with E-state index in [2.05, 4.69) is 51.9 Å². The van der Waals surface area contributed by atoms with Gasteiger partial charge < -0.3 is 35.7 Å². The fraction of sp³-hybridized carbons (Fsp3) is 0.366. The van der Waals surface area contributed by atoms with Gasteiger partial charge in [0.15, 0.2) is 6.29 Å². The third-order valence-electron chi connectivity index (χ3n) is 9.41. The number of benzene rings is 4. The van der Waals surface area contributed by atoms with Gasteiger partial charge in [-0.25, -0.2) is 0 Å². The van der Waals surface area contributed by atoms with Crippen LogP contribution in [-0.2, 0) is 37.0 Å². The fourth-order valence-corrected chi connectivity index (χ4v) is 6.48. The largest absolute Gasteiger partial charge is 0.397 e. The van der Waals surface area contributed by atoms with Gasteiger partial charge in [0.2, 0.25) is 11.8 Å². The van der Waals surface area contributed by atoms with Gasteiger partial charge in [-0.2, -0.15) is 0 Å². The van der Waals surface area contributed by atoms with Gasteiger partial charge >= 0.3 is 0 Å². The summed E-state index contributed by atoms with van der Waals surface area (Å²) in [6, 6.07) is 31.6. The van der Waals surface area contributed by atoms with E-state index in [1.807, 2.05) is 48.5 Å². The number of carbonyl (C=O) groups is 2. The molecule has 5 N–H and O–H groups in total. The van der Waals surface area contributed by atoms with Crippen LogP contribution in [0.25, 0.3) is 11.1 Å². The number of ether oxygens (including phenoxy) is 3. The second kappa shape index (κ2) is 18.1. The number of nitrogens with one attached hydrogen (secondary N) is 2. The predicted molar refractivity (Wildman–Crippen MR) is 197 cm³/mol. The Bertz CT molecular complexity index is 1730. The number of nitrogens with zero attached hydrogens (tertiary/aromatic N) is 1. The molecule has 0 aliphatic carbocycles. The number of aliphatic hydroxyl groups is 1. The molecule has 2 aliphatic rings. The van der Waals surface area contributed by atoms with Gasteiger partial charge in [0.1, 0.15) is 0 Å². The second-order valence-corrected chi connectivity index (χ2v) is 13.2. The summed E-state index contributed by atoms with van der Waals surface area (Å²) in [5.41, 5.74) is 13.0. The highest BCUT2D eigenvalue weighted by molar-refractivity contribution is 5.93. The van der Waals surface area contributed by atoms with Crippen LogP contribution in [-0.4, -0.2) is 60.8 Å². The lowest BCUT2D eigenvalue weighted by Crippen LogP contribution is -2.44. The second-order valence-electron chi connectivity index (χ2n) is 13.2. The monoisotopic (exact) mass is 692 g/mol. The lowest BCUT2D eigenvalue weighted by atomic mass is 9.99. The van der Waals surface area contributed by atoms with Crippen LogP contribution >= 0.6 is 0 Å². The Labute approximate surface area is 299 Å². The summed E-state index contributed by atoms with van der Waals surface area (Å²) in [7, 11) is 0. The molecule has 2 fully saturated rings. The number of anilines is 2. The van der Waals surface area contributed by atoms with E-state index in [0.29, 0.717) is 43.6 Å². The normalized spacial score (nSPS) is 19.4. The predicted octanol–water partition coefficient (Wildman–Crippen LogP) is 6.12. The van der Waals surface area contributed by atoms with E-state index in [-0.39, 0.29) is 30.6 Å². The molecule has 10 nitrogen and oxygen atoms in total. The van der Waals surface area contributed by atoms with E-state index in [9.17, 15) is 14.7 Å². The molecular weight excluding hydrogens is 644 g/mol. The molecule has 4 aromatic carbocycles. The highest BCUT2D eigenvalue weighted by Gasteiger charge is 2.33. The summed E-state index contributed by atoms with van der Waals surface area (Å²) in [6.45, 7) is 4.51. The molecule has 2 aliphatic heterocycles. The van der Waals surface area contributed by atoms with Crippen molar-refractivity contribution in [1.29, 1.82) is 0 Å². The number of nitrogens with two attached hydrogens (primary N) is 1. The van der Waals surface area contributed by atoms with Crippen molar-refractivity contribution in [1.82, 2.24) is 10.2 Å². The number of aliphatic hydroxyl groups excluding tert-OH is 1. The van der Waals surface area contributed by atoms with E-state index in [1.54, 1.807) is 12.1 Å². The van der Waals surface area contributed by atoms with Crippen LogP contribution in [0.3, 0.4) is 0 Å². The minimum atomic E-state index is -0.514. The van der Waals surface area contributed by atoms with E-state index in [0.717, 1.165) is 72.6 Å². The third kappa shape index (κ3) is 10.5. The van der Waals surface area contributed by atoms with E-state index >= 15 is 0 Å². The van der Waals surface area contributed by atoms with Gasteiger partial charge in [-0.15, -0.1) is 0 Å². The molecular formula is C41H48N4O6. The number of nitrogen functional groups attached to an aromatic ring is 1. The molecule has 6 rings (SSSR count). The number of morpholine rings is 1. The maximum Gasteiger partial charge on any atom is 0.224 e. The first kappa shape index (κ1) is 36.2.